The van der Waals surface area contributed by atoms with Crippen LogP contribution in [-0.4, -0.2) is 50.3 Å². The summed E-state index contributed by atoms with van der Waals surface area (Å²) in [5, 5.41) is 4.51. The number of hydrogen-bond donors (Lipinski definition) is 1. The number of rotatable bonds is 6. The monoisotopic (exact) mass is 576 g/mol. The summed E-state index contributed by atoms with van der Waals surface area (Å²) >= 11 is 0. The van der Waals surface area contributed by atoms with Gasteiger partial charge in [0.2, 0.25) is 5.91 Å². The first-order valence-corrected chi connectivity index (χ1v) is 15.2. The summed E-state index contributed by atoms with van der Waals surface area (Å²) in [7, 11) is 0.318. The Balaban J connectivity index is 1.61. The minimum Gasteiger partial charge on any atom is -0.497 e. The standard InChI is InChI=1S/C29H32N6O5S/c1-34(2)41(38,39)32-27(36)18-9-11-21-24(13-18)35-16-29(28(37)31-33-30)15-23(29)22-14-19(40-3)10-12-20(22)26(35)25(21)17-7-5-4-6-8-17/h9-14,17,23H,4-8,15-16H2,1-3H3,(H,32,36). The van der Waals surface area contributed by atoms with Gasteiger partial charge in [0, 0.05) is 53.5 Å². The molecule has 11 nitrogen and oxygen atoms in total. The first kappa shape index (κ1) is 27.3. The van der Waals surface area contributed by atoms with Crippen LogP contribution in [0, 0.1) is 5.41 Å². The molecular weight excluding hydrogens is 544 g/mol. The maximum absolute atomic E-state index is 13.3. The Bertz CT molecular complexity index is 1750. The van der Waals surface area contributed by atoms with Crippen LogP contribution in [0.5, 0.6) is 5.75 Å². The van der Waals surface area contributed by atoms with E-state index < -0.39 is 27.4 Å². The summed E-state index contributed by atoms with van der Waals surface area (Å²) < 4.78 is 35.5. The van der Waals surface area contributed by atoms with Gasteiger partial charge in [-0.1, -0.05) is 25.3 Å². The zero-order valence-electron chi connectivity index (χ0n) is 23.3. The van der Waals surface area contributed by atoms with Gasteiger partial charge in [-0.15, -0.1) is 0 Å². The Labute approximate surface area is 238 Å². The lowest BCUT2D eigenvalue weighted by molar-refractivity contribution is -0.123. The largest absolute Gasteiger partial charge is 0.497 e. The number of aromatic nitrogens is 1. The van der Waals surface area contributed by atoms with E-state index in [2.05, 4.69) is 19.3 Å². The molecule has 0 radical (unpaired) electrons. The fraction of sp³-hybridized carbons (Fsp3) is 0.448. The van der Waals surface area contributed by atoms with Gasteiger partial charge in [0.1, 0.15) is 5.75 Å². The van der Waals surface area contributed by atoms with Gasteiger partial charge in [-0.25, -0.2) is 4.72 Å². The number of ether oxygens (including phenoxy) is 1. The lowest BCUT2D eigenvalue weighted by Crippen LogP contribution is -2.39. The average Bonchev–Trinajstić information content (AvgIpc) is 3.63. The smallest absolute Gasteiger partial charge is 0.303 e. The first-order chi connectivity index (χ1) is 19.6. The molecular formula is C29H32N6O5S. The number of benzene rings is 2. The molecule has 41 heavy (non-hydrogen) atoms. The van der Waals surface area contributed by atoms with E-state index in [1.54, 1.807) is 19.2 Å². The highest BCUT2D eigenvalue weighted by atomic mass is 32.2. The molecule has 214 valence electrons. The van der Waals surface area contributed by atoms with E-state index in [-0.39, 0.29) is 18.0 Å². The average molecular weight is 577 g/mol. The third kappa shape index (κ3) is 4.37. The van der Waals surface area contributed by atoms with Crippen LogP contribution >= 0.6 is 0 Å². The fourth-order valence-corrected chi connectivity index (χ4v) is 7.36. The van der Waals surface area contributed by atoms with E-state index in [9.17, 15) is 18.0 Å². The molecule has 2 aromatic carbocycles. The van der Waals surface area contributed by atoms with Gasteiger partial charge < -0.3 is 9.30 Å². The van der Waals surface area contributed by atoms with Crippen LogP contribution in [0.15, 0.2) is 41.5 Å². The number of carbonyl (C=O) groups is 2. The van der Waals surface area contributed by atoms with Crippen LogP contribution in [0.1, 0.15) is 71.8 Å². The molecule has 2 fully saturated rings. The molecule has 6 rings (SSSR count). The van der Waals surface area contributed by atoms with E-state index in [0.717, 1.165) is 57.7 Å². The minimum atomic E-state index is -3.99. The number of methoxy groups -OCH3 is 1. The molecule has 2 unspecified atom stereocenters. The molecule has 1 aliphatic heterocycles. The molecule has 0 spiro atoms. The zero-order chi connectivity index (χ0) is 29.1. The highest BCUT2D eigenvalue weighted by molar-refractivity contribution is 7.87. The molecule has 0 saturated heterocycles. The highest BCUT2D eigenvalue weighted by Crippen LogP contribution is 2.66. The normalized spacial score (nSPS) is 21.7. The second-order valence-electron chi connectivity index (χ2n) is 11.5. The molecule has 3 aromatic rings. The highest BCUT2D eigenvalue weighted by Gasteiger charge is 2.62. The van der Waals surface area contributed by atoms with Crippen molar-refractivity contribution in [3.63, 3.8) is 0 Å². The summed E-state index contributed by atoms with van der Waals surface area (Å²) in [5.41, 5.74) is 13.3. The van der Waals surface area contributed by atoms with Gasteiger partial charge in [0.25, 0.3) is 5.91 Å². The fourth-order valence-electron chi connectivity index (χ4n) is 6.83. The van der Waals surface area contributed by atoms with Crippen molar-refractivity contribution in [2.45, 2.75) is 56.9 Å². The van der Waals surface area contributed by atoms with Crippen molar-refractivity contribution in [2.75, 3.05) is 21.2 Å². The van der Waals surface area contributed by atoms with Gasteiger partial charge in [0.05, 0.1) is 18.2 Å². The van der Waals surface area contributed by atoms with Gasteiger partial charge in [-0.2, -0.15) is 12.7 Å². The van der Waals surface area contributed by atoms with Crippen molar-refractivity contribution >= 4 is 32.9 Å². The molecule has 3 aliphatic rings. The summed E-state index contributed by atoms with van der Waals surface area (Å²) in [5.74, 6) is -0.400. The minimum absolute atomic E-state index is 0.142. The summed E-state index contributed by atoms with van der Waals surface area (Å²) in [4.78, 5) is 29.2. The number of nitrogens with zero attached hydrogens (tertiary/aromatic N) is 5. The third-order valence-electron chi connectivity index (χ3n) is 9.05. The van der Waals surface area contributed by atoms with Crippen molar-refractivity contribution in [1.82, 2.24) is 13.6 Å². The van der Waals surface area contributed by atoms with Gasteiger partial charge >= 0.3 is 10.2 Å². The number of fused-ring (bicyclic) bond motifs is 7. The molecule has 2 atom stereocenters. The summed E-state index contributed by atoms with van der Waals surface area (Å²) in [6.07, 6.45) is 6.04. The Morgan fingerprint density at radius 3 is 2.59 bits per heavy atom. The van der Waals surface area contributed by atoms with Crippen LogP contribution in [0.3, 0.4) is 0 Å². The maximum Gasteiger partial charge on any atom is 0.303 e. The molecule has 1 aromatic heterocycles. The predicted octanol–water partition coefficient (Wildman–Crippen LogP) is 5.23. The number of hydrogen-bond acceptors (Lipinski definition) is 5. The number of carbonyl (C=O) groups excluding carboxylic acids is 2. The molecule has 2 heterocycles. The van der Waals surface area contributed by atoms with Crippen molar-refractivity contribution < 1.29 is 22.7 Å². The molecule has 2 saturated carbocycles. The summed E-state index contributed by atoms with van der Waals surface area (Å²) in [6, 6.07) is 11.2. The Kier molecular flexibility index (Phi) is 6.60. The number of nitrogens with one attached hydrogen (secondary N) is 1. The molecule has 2 amide bonds. The predicted molar refractivity (Wildman–Crippen MR) is 154 cm³/mol. The summed E-state index contributed by atoms with van der Waals surface area (Å²) in [6.45, 7) is 0.284. The van der Waals surface area contributed by atoms with E-state index >= 15 is 0 Å². The van der Waals surface area contributed by atoms with Crippen LogP contribution in [0.2, 0.25) is 0 Å². The van der Waals surface area contributed by atoms with E-state index in [1.807, 2.05) is 24.3 Å². The second-order valence-corrected chi connectivity index (χ2v) is 13.4. The molecule has 12 heteroatoms. The van der Waals surface area contributed by atoms with E-state index in [4.69, 9.17) is 10.3 Å². The van der Waals surface area contributed by atoms with Crippen LogP contribution in [-0.2, 0) is 21.5 Å². The molecule has 0 bridgehead atoms. The van der Waals surface area contributed by atoms with E-state index in [0.29, 0.717) is 18.1 Å². The zero-order valence-corrected chi connectivity index (χ0v) is 24.1. The van der Waals surface area contributed by atoms with Crippen LogP contribution < -0.4 is 9.46 Å². The Morgan fingerprint density at radius 1 is 1.15 bits per heavy atom. The second kappa shape index (κ2) is 9.90. The topological polar surface area (TPSA) is 146 Å². The maximum atomic E-state index is 13.3. The third-order valence-corrected chi connectivity index (χ3v) is 10.5. The van der Waals surface area contributed by atoms with Crippen molar-refractivity contribution in [3.05, 3.63) is 63.5 Å². The van der Waals surface area contributed by atoms with Crippen LogP contribution in [0.25, 0.3) is 32.6 Å². The lowest BCUT2D eigenvalue weighted by Gasteiger charge is -2.24. The van der Waals surface area contributed by atoms with Crippen molar-refractivity contribution in [1.29, 1.82) is 0 Å². The SMILES string of the molecule is COc1ccc2c(c1)C1CC1(C(=O)N=[N+]=[N-])Cn1c-2c(C2CCCCC2)c2ccc(C(=O)NS(=O)(=O)N(C)C)cc21. The van der Waals surface area contributed by atoms with Crippen molar-refractivity contribution in [3.8, 4) is 17.0 Å². The Morgan fingerprint density at radius 2 is 1.90 bits per heavy atom. The quantitative estimate of drug-likeness (QED) is 0.243. The Hall–Kier alpha value is -3.86. The number of amides is 2. The molecule has 1 N–H and O–H groups in total. The van der Waals surface area contributed by atoms with Gasteiger partial charge in [0.15, 0.2) is 0 Å². The number of azide groups is 1. The van der Waals surface area contributed by atoms with Gasteiger partial charge in [-0.05, 0) is 77.3 Å². The lowest BCUT2D eigenvalue weighted by atomic mass is 9.81. The molecule has 2 aliphatic carbocycles. The van der Waals surface area contributed by atoms with E-state index in [1.165, 1.54) is 26.1 Å². The van der Waals surface area contributed by atoms with Crippen molar-refractivity contribution in [2.24, 2.45) is 10.5 Å². The van der Waals surface area contributed by atoms with Crippen LogP contribution in [0.4, 0.5) is 0 Å². The first-order valence-electron chi connectivity index (χ1n) is 13.8. The van der Waals surface area contributed by atoms with Gasteiger partial charge in [-0.3, -0.25) is 9.59 Å².